The van der Waals surface area contributed by atoms with Crippen molar-refractivity contribution in [2.24, 2.45) is 0 Å². The van der Waals surface area contributed by atoms with Gasteiger partial charge in [0.2, 0.25) is 0 Å². The van der Waals surface area contributed by atoms with Gasteiger partial charge in [-0.05, 0) is 28.0 Å². The third-order valence-corrected chi connectivity index (χ3v) is 3.62. The summed E-state index contributed by atoms with van der Waals surface area (Å²) in [4.78, 5) is 13.2. The summed E-state index contributed by atoms with van der Waals surface area (Å²) in [5, 5.41) is 6.49. The lowest BCUT2D eigenvalue weighted by molar-refractivity contribution is 0.0956. The third-order valence-electron chi connectivity index (χ3n) is 2.89. The van der Waals surface area contributed by atoms with Crippen LogP contribution in [-0.4, -0.2) is 23.9 Å². The van der Waals surface area contributed by atoms with Gasteiger partial charge in [0.1, 0.15) is 0 Å². The summed E-state index contributed by atoms with van der Waals surface area (Å²) >= 11 is 1.53. The second-order valence-electron chi connectivity index (χ2n) is 4.55. The van der Waals surface area contributed by atoms with Gasteiger partial charge >= 0.3 is 6.03 Å². The van der Waals surface area contributed by atoms with Crippen LogP contribution in [0.4, 0.5) is 13.6 Å². The van der Waals surface area contributed by atoms with Crippen LogP contribution in [0.15, 0.2) is 47.2 Å². The van der Waals surface area contributed by atoms with Crippen LogP contribution in [0, 0.1) is 0 Å². The van der Waals surface area contributed by atoms with Crippen molar-refractivity contribution in [1.29, 1.82) is 0 Å². The Bertz CT molecular complexity index is 546. The molecule has 0 atom stereocenters. The second-order valence-corrected chi connectivity index (χ2v) is 5.33. The highest BCUT2D eigenvalue weighted by molar-refractivity contribution is 7.07. The molecule has 3 nitrogen and oxygen atoms in total. The smallest absolute Gasteiger partial charge is 0.318 e. The molecule has 1 aromatic carbocycles. The van der Waals surface area contributed by atoms with Crippen molar-refractivity contribution >= 4 is 17.4 Å². The average molecular weight is 310 g/mol. The number of rotatable bonds is 6. The molecule has 21 heavy (non-hydrogen) atoms. The van der Waals surface area contributed by atoms with E-state index < -0.39 is 19.0 Å². The van der Waals surface area contributed by atoms with Gasteiger partial charge in [-0.1, -0.05) is 30.3 Å². The minimum absolute atomic E-state index is 0.167. The first-order chi connectivity index (χ1) is 10.1. The molecule has 2 amide bonds. The highest BCUT2D eigenvalue weighted by Gasteiger charge is 2.18. The highest BCUT2D eigenvalue weighted by atomic mass is 32.1. The van der Waals surface area contributed by atoms with Gasteiger partial charge in [0.15, 0.2) is 0 Å². The van der Waals surface area contributed by atoms with E-state index in [4.69, 9.17) is 0 Å². The summed E-state index contributed by atoms with van der Waals surface area (Å²) in [7, 11) is 0. The Kier molecular flexibility index (Phi) is 5.68. The zero-order chi connectivity index (χ0) is 15.1. The number of carbonyl (C=O) groups excluding carboxylic acids is 1. The topological polar surface area (TPSA) is 32.3 Å². The van der Waals surface area contributed by atoms with Crippen molar-refractivity contribution in [2.75, 3.05) is 6.54 Å². The van der Waals surface area contributed by atoms with Gasteiger partial charge in [-0.25, -0.2) is 13.6 Å². The van der Waals surface area contributed by atoms with Crippen LogP contribution in [0.1, 0.15) is 11.1 Å². The van der Waals surface area contributed by atoms with Gasteiger partial charge in [-0.15, -0.1) is 0 Å². The summed E-state index contributed by atoms with van der Waals surface area (Å²) in [6.07, 6.45) is -2.55. The Hall–Kier alpha value is -1.95. The highest BCUT2D eigenvalue weighted by Crippen LogP contribution is 2.09. The lowest BCUT2D eigenvalue weighted by atomic mass is 10.2. The number of halogens is 2. The fourth-order valence-electron chi connectivity index (χ4n) is 1.87. The minimum Gasteiger partial charge on any atom is -0.334 e. The number of benzene rings is 1. The molecule has 0 saturated carbocycles. The number of nitrogens with zero attached hydrogens (tertiary/aromatic N) is 1. The molecular weight excluding hydrogens is 294 g/mol. The molecule has 0 aliphatic heterocycles. The van der Waals surface area contributed by atoms with Crippen molar-refractivity contribution in [3.63, 3.8) is 0 Å². The van der Waals surface area contributed by atoms with E-state index in [1.54, 1.807) is 0 Å². The van der Waals surface area contributed by atoms with E-state index in [1.807, 2.05) is 47.2 Å². The number of carbonyl (C=O) groups is 1. The minimum atomic E-state index is -2.55. The summed E-state index contributed by atoms with van der Waals surface area (Å²) in [6.45, 7) is -0.0676. The normalized spacial score (nSPS) is 10.6. The molecule has 0 aliphatic rings. The van der Waals surface area contributed by atoms with Crippen molar-refractivity contribution in [3.8, 4) is 0 Å². The van der Waals surface area contributed by atoms with E-state index in [9.17, 15) is 13.6 Å². The molecule has 2 aromatic rings. The number of nitrogens with one attached hydrogen (secondary N) is 1. The standard InChI is InChI=1S/C15H16F2N2OS/c16-14(17)10-19(9-12-4-2-1-3-5-12)15(20)18-8-13-6-7-21-11-13/h1-7,11,14H,8-10H2,(H,18,20). The lowest BCUT2D eigenvalue weighted by Gasteiger charge is -2.22. The number of hydrogen-bond donors (Lipinski definition) is 1. The predicted molar refractivity (Wildman–Crippen MR) is 79.4 cm³/mol. The zero-order valence-corrected chi connectivity index (χ0v) is 12.2. The van der Waals surface area contributed by atoms with Crippen LogP contribution < -0.4 is 5.32 Å². The van der Waals surface area contributed by atoms with Gasteiger partial charge in [0.05, 0.1) is 6.54 Å². The Morgan fingerprint density at radius 1 is 1.19 bits per heavy atom. The maximum Gasteiger partial charge on any atom is 0.318 e. The van der Waals surface area contributed by atoms with E-state index in [-0.39, 0.29) is 6.54 Å². The van der Waals surface area contributed by atoms with Gasteiger partial charge in [-0.2, -0.15) is 11.3 Å². The largest absolute Gasteiger partial charge is 0.334 e. The van der Waals surface area contributed by atoms with Crippen molar-refractivity contribution in [2.45, 2.75) is 19.5 Å². The molecule has 6 heteroatoms. The SMILES string of the molecule is O=C(NCc1ccsc1)N(Cc1ccccc1)CC(F)F. The average Bonchev–Trinajstić information content (AvgIpc) is 2.98. The van der Waals surface area contributed by atoms with E-state index in [0.717, 1.165) is 16.0 Å². The molecule has 0 spiro atoms. The molecule has 2 rings (SSSR count). The molecular formula is C15H16F2N2OS. The fourth-order valence-corrected chi connectivity index (χ4v) is 2.54. The molecule has 0 fully saturated rings. The number of alkyl halides is 2. The molecule has 0 unspecified atom stereocenters. The van der Waals surface area contributed by atoms with E-state index >= 15 is 0 Å². The number of urea groups is 1. The van der Waals surface area contributed by atoms with E-state index in [1.165, 1.54) is 11.3 Å². The van der Waals surface area contributed by atoms with Crippen LogP contribution in [0.3, 0.4) is 0 Å². The lowest BCUT2D eigenvalue weighted by Crippen LogP contribution is -2.41. The van der Waals surface area contributed by atoms with Gasteiger partial charge in [0, 0.05) is 13.1 Å². The van der Waals surface area contributed by atoms with Gasteiger partial charge in [0.25, 0.3) is 6.43 Å². The number of amides is 2. The molecule has 1 N–H and O–H groups in total. The molecule has 0 bridgehead atoms. The van der Waals surface area contributed by atoms with Gasteiger partial charge < -0.3 is 10.2 Å². The Morgan fingerprint density at radius 2 is 1.95 bits per heavy atom. The maximum atomic E-state index is 12.6. The Balaban J connectivity index is 1.95. The van der Waals surface area contributed by atoms with E-state index in [0.29, 0.717) is 6.54 Å². The van der Waals surface area contributed by atoms with Crippen LogP contribution in [-0.2, 0) is 13.1 Å². The first-order valence-corrected chi connectivity index (χ1v) is 7.45. The maximum absolute atomic E-state index is 12.6. The van der Waals surface area contributed by atoms with Crippen molar-refractivity contribution in [1.82, 2.24) is 10.2 Å². The number of thiophene rings is 1. The quantitative estimate of drug-likeness (QED) is 0.866. The Morgan fingerprint density at radius 3 is 2.57 bits per heavy atom. The zero-order valence-electron chi connectivity index (χ0n) is 11.3. The summed E-state index contributed by atoms with van der Waals surface area (Å²) in [5.41, 5.74) is 1.79. The molecule has 112 valence electrons. The molecule has 1 aromatic heterocycles. The van der Waals surface area contributed by atoms with Crippen LogP contribution in [0.25, 0.3) is 0 Å². The summed E-state index contributed by atoms with van der Waals surface area (Å²) in [6, 6.07) is 10.5. The molecule has 0 aliphatic carbocycles. The fraction of sp³-hybridized carbons (Fsp3) is 0.267. The van der Waals surface area contributed by atoms with Crippen molar-refractivity contribution in [3.05, 3.63) is 58.3 Å². The summed E-state index contributed by atoms with van der Waals surface area (Å²) in [5.74, 6) is 0. The van der Waals surface area contributed by atoms with Crippen LogP contribution in [0.2, 0.25) is 0 Å². The first kappa shape index (κ1) is 15.4. The van der Waals surface area contributed by atoms with Gasteiger partial charge in [-0.3, -0.25) is 0 Å². The predicted octanol–water partition coefficient (Wildman–Crippen LogP) is 3.73. The third kappa shape index (κ3) is 5.15. The summed E-state index contributed by atoms with van der Waals surface area (Å²) < 4.78 is 25.3. The van der Waals surface area contributed by atoms with Crippen molar-refractivity contribution < 1.29 is 13.6 Å². The monoisotopic (exact) mass is 310 g/mol. The van der Waals surface area contributed by atoms with E-state index in [2.05, 4.69) is 5.32 Å². The Labute approximate surface area is 126 Å². The van der Waals surface area contributed by atoms with Crippen LogP contribution in [0.5, 0.6) is 0 Å². The number of hydrogen-bond acceptors (Lipinski definition) is 2. The van der Waals surface area contributed by atoms with Crippen LogP contribution >= 0.6 is 11.3 Å². The molecule has 1 heterocycles. The first-order valence-electron chi connectivity index (χ1n) is 6.51. The second kappa shape index (κ2) is 7.73. The molecule has 0 radical (unpaired) electrons. The molecule has 0 saturated heterocycles.